The maximum absolute atomic E-state index is 9.28. The van der Waals surface area contributed by atoms with Crippen LogP contribution >= 0.6 is 0 Å². The first kappa shape index (κ1) is 22.2. The lowest BCUT2D eigenvalue weighted by atomic mass is 9.46. The second-order valence-corrected chi connectivity index (χ2v) is 12.2. The fourth-order valence-electron chi connectivity index (χ4n) is 8.26. The quantitative estimate of drug-likeness (QED) is 0.285. The first-order valence-electron chi connectivity index (χ1n) is 12.8. The molecule has 0 aromatic heterocycles. The van der Waals surface area contributed by atoms with E-state index >= 15 is 0 Å². The Labute approximate surface area is 185 Å². The Balaban J connectivity index is 1.53. The van der Waals surface area contributed by atoms with Gasteiger partial charge < -0.3 is 5.21 Å². The van der Waals surface area contributed by atoms with Gasteiger partial charge in [-0.2, -0.15) is 0 Å². The molecule has 168 valence electrons. The van der Waals surface area contributed by atoms with Crippen LogP contribution in [-0.2, 0) is 0 Å². The second kappa shape index (κ2) is 8.14. The van der Waals surface area contributed by atoms with Crippen LogP contribution < -0.4 is 0 Å². The van der Waals surface area contributed by atoms with Crippen molar-refractivity contribution in [1.29, 1.82) is 0 Å². The fraction of sp³-hybridized carbons (Fsp3) is 0.821. The molecule has 0 aromatic rings. The number of hydrogen-bond donors (Lipinski definition) is 1. The lowest BCUT2D eigenvalue weighted by Crippen LogP contribution is -2.50. The molecule has 0 heterocycles. The molecule has 0 aromatic carbocycles. The second-order valence-electron chi connectivity index (χ2n) is 12.2. The molecule has 3 fully saturated rings. The normalized spacial score (nSPS) is 44.5. The largest absolute Gasteiger partial charge is 0.411 e. The van der Waals surface area contributed by atoms with Gasteiger partial charge in [0.15, 0.2) is 0 Å². The van der Waals surface area contributed by atoms with E-state index in [-0.39, 0.29) is 0 Å². The van der Waals surface area contributed by atoms with E-state index in [1.807, 2.05) is 0 Å². The number of oxime groups is 1. The lowest BCUT2D eigenvalue weighted by molar-refractivity contribution is -0.0538. The lowest BCUT2D eigenvalue weighted by Gasteiger charge is -2.58. The minimum atomic E-state index is 0.342. The molecular weight excluding hydrogens is 366 g/mol. The van der Waals surface area contributed by atoms with Crippen LogP contribution in [0.25, 0.3) is 0 Å². The van der Waals surface area contributed by atoms with Crippen molar-refractivity contribution in [3.63, 3.8) is 0 Å². The molecule has 8 atom stereocenters. The molecule has 4 aliphatic carbocycles. The first-order chi connectivity index (χ1) is 14.2. The number of hydrogen-bond acceptors (Lipinski definition) is 2. The monoisotopic (exact) mass is 411 g/mol. The Bertz CT molecular complexity index is 733. The van der Waals surface area contributed by atoms with Gasteiger partial charge in [-0.05, 0) is 110 Å². The van der Waals surface area contributed by atoms with Gasteiger partial charge in [0.05, 0.1) is 5.71 Å². The van der Waals surface area contributed by atoms with Gasteiger partial charge in [-0.1, -0.05) is 64.4 Å². The minimum absolute atomic E-state index is 0.342. The Morgan fingerprint density at radius 1 is 0.967 bits per heavy atom. The third kappa shape index (κ3) is 3.51. The molecule has 0 amide bonds. The standard InChI is InChI=1S/C28H45NO/c1-18(2)19(3)7-8-20(4)24-11-12-25-23-10-9-21-17-22(29-30)13-15-27(21,5)26(23)14-16-28(24,25)6/h7-8,17-20,23-26,30H,9-16H2,1-6H3/t19?,20-,23+,24-,25+,26+,27+,28-/m1/s1. The molecule has 0 radical (unpaired) electrons. The van der Waals surface area contributed by atoms with E-state index in [9.17, 15) is 5.21 Å². The molecule has 2 nitrogen and oxygen atoms in total. The van der Waals surface area contributed by atoms with Crippen molar-refractivity contribution in [2.24, 2.45) is 57.4 Å². The third-order valence-electron chi connectivity index (χ3n) is 10.6. The summed E-state index contributed by atoms with van der Waals surface area (Å²) < 4.78 is 0. The molecule has 2 heteroatoms. The van der Waals surface area contributed by atoms with Crippen molar-refractivity contribution in [3.05, 3.63) is 23.8 Å². The summed E-state index contributed by atoms with van der Waals surface area (Å²) in [5.41, 5.74) is 3.35. The van der Waals surface area contributed by atoms with E-state index in [1.165, 1.54) is 44.9 Å². The summed E-state index contributed by atoms with van der Waals surface area (Å²) in [7, 11) is 0. The zero-order valence-corrected chi connectivity index (χ0v) is 20.3. The molecule has 30 heavy (non-hydrogen) atoms. The van der Waals surface area contributed by atoms with Crippen LogP contribution in [0.3, 0.4) is 0 Å². The molecule has 0 saturated heterocycles. The summed E-state index contributed by atoms with van der Waals surface area (Å²) >= 11 is 0. The van der Waals surface area contributed by atoms with Crippen molar-refractivity contribution >= 4 is 5.71 Å². The van der Waals surface area contributed by atoms with Crippen LogP contribution in [-0.4, -0.2) is 10.9 Å². The Hall–Kier alpha value is -1.05. The highest BCUT2D eigenvalue weighted by Gasteiger charge is 2.59. The average molecular weight is 412 g/mol. The number of fused-ring (bicyclic) bond motifs is 5. The Morgan fingerprint density at radius 3 is 2.43 bits per heavy atom. The highest BCUT2D eigenvalue weighted by atomic mass is 16.4. The van der Waals surface area contributed by atoms with Crippen molar-refractivity contribution < 1.29 is 5.21 Å². The summed E-state index contributed by atoms with van der Waals surface area (Å²) in [6, 6.07) is 0. The molecule has 0 spiro atoms. The fourth-order valence-corrected chi connectivity index (χ4v) is 8.26. The van der Waals surface area contributed by atoms with Gasteiger partial charge in [-0.15, -0.1) is 0 Å². The van der Waals surface area contributed by atoms with Gasteiger partial charge in [0.1, 0.15) is 0 Å². The zero-order valence-electron chi connectivity index (χ0n) is 20.3. The molecule has 0 aliphatic heterocycles. The van der Waals surface area contributed by atoms with E-state index in [1.54, 1.807) is 5.57 Å². The third-order valence-corrected chi connectivity index (χ3v) is 10.6. The van der Waals surface area contributed by atoms with Crippen LogP contribution in [0.1, 0.15) is 92.9 Å². The van der Waals surface area contributed by atoms with E-state index < -0.39 is 0 Å². The van der Waals surface area contributed by atoms with Crippen molar-refractivity contribution in [1.82, 2.24) is 0 Å². The van der Waals surface area contributed by atoms with E-state index in [0.717, 1.165) is 41.7 Å². The van der Waals surface area contributed by atoms with E-state index in [2.05, 4.69) is 64.9 Å². The van der Waals surface area contributed by atoms with Gasteiger partial charge in [-0.3, -0.25) is 0 Å². The van der Waals surface area contributed by atoms with Crippen molar-refractivity contribution in [3.8, 4) is 0 Å². The topological polar surface area (TPSA) is 32.6 Å². The Kier molecular flexibility index (Phi) is 6.01. The molecule has 4 rings (SSSR count). The summed E-state index contributed by atoms with van der Waals surface area (Å²) in [6.45, 7) is 14.7. The van der Waals surface area contributed by atoms with Gasteiger partial charge >= 0.3 is 0 Å². The van der Waals surface area contributed by atoms with Gasteiger partial charge in [0.25, 0.3) is 0 Å². The van der Waals surface area contributed by atoms with Gasteiger partial charge in [-0.25, -0.2) is 0 Å². The van der Waals surface area contributed by atoms with Crippen LogP contribution in [0.2, 0.25) is 0 Å². The molecule has 4 aliphatic rings. The predicted molar refractivity (Wildman–Crippen MR) is 127 cm³/mol. The predicted octanol–water partition coefficient (Wildman–Crippen LogP) is 7.88. The van der Waals surface area contributed by atoms with Crippen molar-refractivity contribution in [2.75, 3.05) is 0 Å². The van der Waals surface area contributed by atoms with Crippen molar-refractivity contribution in [2.45, 2.75) is 92.9 Å². The Morgan fingerprint density at radius 2 is 1.73 bits per heavy atom. The number of allylic oxidation sites excluding steroid dienone is 4. The summed E-state index contributed by atoms with van der Waals surface area (Å²) in [5, 5.41) is 12.8. The van der Waals surface area contributed by atoms with Gasteiger partial charge in [0.2, 0.25) is 0 Å². The van der Waals surface area contributed by atoms with Crippen LogP contribution in [0.5, 0.6) is 0 Å². The highest BCUT2D eigenvalue weighted by Crippen LogP contribution is 2.67. The molecule has 3 saturated carbocycles. The van der Waals surface area contributed by atoms with Crippen LogP contribution in [0.4, 0.5) is 0 Å². The van der Waals surface area contributed by atoms with Gasteiger partial charge in [0, 0.05) is 0 Å². The summed E-state index contributed by atoms with van der Waals surface area (Å²) in [6.07, 6.45) is 17.7. The van der Waals surface area contributed by atoms with Crippen LogP contribution in [0.15, 0.2) is 29.0 Å². The SMILES string of the molecule is CC(C)C(C)C=C[C@@H](C)[C@H]1CC[C@H]2[C@@H]3CCC4=CC(=NO)CC[C@]4(C)[C@H]3CC[C@]12C. The molecular formula is C28H45NO. The smallest absolute Gasteiger partial charge is 0.0795 e. The first-order valence-corrected chi connectivity index (χ1v) is 12.8. The number of rotatable bonds is 4. The maximum atomic E-state index is 9.28. The highest BCUT2D eigenvalue weighted by molar-refractivity contribution is 5.96. The number of nitrogens with zero attached hydrogens (tertiary/aromatic N) is 1. The van der Waals surface area contributed by atoms with Crippen LogP contribution in [0, 0.1) is 52.3 Å². The molecule has 1 unspecified atom stereocenters. The average Bonchev–Trinajstić information content (AvgIpc) is 3.08. The zero-order chi connectivity index (χ0) is 21.7. The van der Waals surface area contributed by atoms with E-state index in [0.29, 0.717) is 22.7 Å². The summed E-state index contributed by atoms with van der Waals surface area (Å²) in [5.74, 6) is 5.60. The van der Waals surface area contributed by atoms with E-state index in [4.69, 9.17) is 0 Å². The maximum Gasteiger partial charge on any atom is 0.0795 e. The summed E-state index contributed by atoms with van der Waals surface area (Å²) in [4.78, 5) is 0. The minimum Gasteiger partial charge on any atom is -0.411 e. The molecule has 1 N–H and O–H groups in total. The molecule has 0 bridgehead atoms.